The van der Waals surface area contributed by atoms with Crippen molar-refractivity contribution < 1.29 is 13.2 Å². The van der Waals surface area contributed by atoms with Crippen LogP contribution in [0.1, 0.15) is 86.2 Å². The predicted molar refractivity (Wildman–Crippen MR) is 133 cm³/mol. The molecule has 2 aromatic rings. The maximum absolute atomic E-state index is 13.9. The quantitative estimate of drug-likeness (QED) is 0.606. The molecule has 4 aliphatic rings. The third-order valence-electron chi connectivity index (χ3n) is 8.70. The molecule has 1 N–H and O–H groups in total. The van der Waals surface area contributed by atoms with Gasteiger partial charge in [0.2, 0.25) is 0 Å². The van der Waals surface area contributed by atoms with Gasteiger partial charge in [-0.15, -0.1) is 0 Å². The number of nitrogens with one attached hydrogen (secondary N) is 1. The number of halogens is 3. The van der Waals surface area contributed by atoms with Crippen LogP contribution in [-0.4, -0.2) is 69.9 Å². The Morgan fingerprint density at radius 1 is 0.889 bits per heavy atom. The number of aromatic nitrogens is 4. The second-order valence-corrected chi connectivity index (χ2v) is 10.9. The van der Waals surface area contributed by atoms with Crippen molar-refractivity contribution in [3.05, 3.63) is 29.6 Å². The molecule has 1 unspecified atom stereocenters. The summed E-state index contributed by atoms with van der Waals surface area (Å²) < 4.78 is 44.0. The highest BCUT2D eigenvalue weighted by molar-refractivity contribution is 5.62. The van der Waals surface area contributed by atoms with Crippen LogP contribution in [0.5, 0.6) is 0 Å². The van der Waals surface area contributed by atoms with E-state index in [1.807, 2.05) is 4.90 Å². The van der Waals surface area contributed by atoms with Crippen LogP contribution < -0.4 is 10.2 Å². The molecule has 0 spiro atoms. The van der Waals surface area contributed by atoms with E-state index >= 15 is 0 Å². The Morgan fingerprint density at radius 2 is 1.67 bits per heavy atom. The topological polar surface area (TPSA) is 62.1 Å². The summed E-state index contributed by atoms with van der Waals surface area (Å²) in [6.07, 6.45) is 7.47. The third-order valence-corrected chi connectivity index (χ3v) is 8.70. The number of anilines is 2. The SMILES string of the molecule is FC(F)(F)C1CCNc2ncnc(N3CCC(c4nc(C5CCC5)cn4CCN4CCCC4)CC3)c21. The van der Waals surface area contributed by atoms with E-state index in [1.165, 1.54) is 63.0 Å². The number of hydrogen-bond donors (Lipinski definition) is 1. The lowest BCUT2D eigenvalue weighted by molar-refractivity contribution is -0.151. The summed E-state index contributed by atoms with van der Waals surface area (Å²) in [5.41, 5.74) is 1.46. The fourth-order valence-electron chi connectivity index (χ4n) is 6.37. The van der Waals surface area contributed by atoms with E-state index in [4.69, 9.17) is 4.98 Å². The number of hydrogen-bond acceptors (Lipinski definition) is 6. The summed E-state index contributed by atoms with van der Waals surface area (Å²) in [6.45, 7) is 6.04. The molecule has 36 heavy (non-hydrogen) atoms. The largest absolute Gasteiger partial charge is 0.396 e. The Labute approximate surface area is 210 Å². The molecule has 0 amide bonds. The maximum atomic E-state index is 13.9. The van der Waals surface area contributed by atoms with E-state index in [-0.39, 0.29) is 18.5 Å². The molecule has 0 radical (unpaired) electrons. The lowest BCUT2D eigenvalue weighted by Crippen LogP contribution is -2.37. The second kappa shape index (κ2) is 9.84. The molecule has 1 atom stereocenters. The summed E-state index contributed by atoms with van der Waals surface area (Å²) in [4.78, 5) is 18.2. The van der Waals surface area contributed by atoms with Crippen molar-refractivity contribution in [3.8, 4) is 0 Å². The van der Waals surface area contributed by atoms with Gasteiger partial charge in [-0.25, -0.2) is 15.0 Å². The van der Waals surface area contributed by atoms with Crippen LogP contribution in [0.3, 0.4) is 0 Å². The van der Waals surface area contributed by atoms with Crippen molar-refractivity contribution in [1.82, 2.24) is 24.4 Å². The average molecular weight is 504 g/mol. The first-order valence-electron chi connectivity index (χ1n) is 13.7. The summed E-state index contributed by atoms with van der Waals surface area (Å²) >= 11 is 0. The Hall–Kier alpha value is -2.36. The molecule has 0 aromatic carbocycles. The lowest BCUT2D eigenvalue weighted by atomic mass is 9.83. The number of alkyl halides is 3. The predicted octanol–water partition coefficient (Wildman–Crippen LogP) is 4.88. The average Bonchev–Trinajstić information content (AvgIpc) is 3.50. The molecule has 10 heteroatoms. The Balaban J connectivity index is 1.19. The van der Waals surface area contributed by atoms with E-state index in [0.717, 1.165) is 25.9 Å². The number of fused-ring (bicyclic) bond motifs is 1. The van der Waals surface area contributed by atoms with E-state index in [2.05, 4.69) is 30.9 Å². The van der Waals surface area contributed by atoms with Crippen molar-refractivity contribution in [3.63, 3.8) is 0 Å². The lowest BCUT2D eigenvalue weighted by Gasteiger charge is -2.36. The van der Waals surface area contributed by atoms with E-state index in [0.29, 0.717) is 36.6 Å². The number of likely N-dealkylation sites (tertiary alicyclic amines) is 1. The van der Waals surface area contributed by atoms with Crippen molar-refractivity contribution in [2.24, 2.45) is 0 Å². The van der Waals surface area contributed by atoms with Crippen LogP contribution in [0.15, 0.2) is 12.5 Å². The summed E-state index contributed by atoms with van der Waals surface area (Å²) in [6, 6.07) is 0. The normalized spacial score (nSPS) is 24.0. The van der Waals surface area contributed by atoms with Crippen LogP contribution in [0.2, 0.25) is 0 Å². The molecule has 1 saturated carbocycles. The fourth-order valence-corrected chi connectivity index (χ4v) is 6.37. The molecule has 5 heterocycles. The molecular weight excluding hydrogens is 467 g/mol. The third kappa shape index (κ3) is 4.68. The van der Waals surface area contributed by atoms with Gasteiger partial charge in [0.05, 0.1) is 11.6 Å². The molecule has 6 rings (SSSR count). The molecule has 3 aliphatic heterocycles. The molecule has 7 nitrogen and oxygen atoms in total. The Kier molecular flexibility index (Phi) is 6.56. The number of nitrogens with zero attached hydrogens (tertiary/aromatic N) is 6. The van der Waals surface area contributed by atoms with Gasteiger partial charge in [0, 0.05) is 56.3 Å². The van der Waals surface area contributed by atoms with Crippen LogP contribution in [0.25, 0.3) is 0 Å². The van der Waals surface area contributed by atoms with Crippen LogP contribution >= 0.6 is 0 Å². The van der Waals surface area contributed by atoms with Crippen molar-refractivity contribution in [2.75, 3.05) is 49.5 Å². The Bertz CT molecular complexity index is 1050. The van der Waals surface area contributed by atoms with Gasteiger partial charge in [-0.3, -0.25) is 0 Å². The molecule has 2 saturated heterocycles. The summed E-state index contributed by atoms with van der Waals surface area (Å²) in [7, 11) is 0. The minimum absolute atomic E-state index is 0.0196. The van der Waals surface area contributed by atoms with E-state index < -0.39 is 12.1 Å². The summed E-state index contributed by atoms with van der Waals surface area (Å²) in [5.74, 6) is 1.35. The van der Waals surface area contributed by atoms with E-state index in [1.54, 1.807) is 0 Å². The molecular formula is C26H36F3N7. The maximum Gasteiger partial charge on any atom is 0.396 e. The van der Waals surface area contributed by atoms with Gasteiger partial charge in [-0.05, 0) is 58.0 Å². The zero-order chi connectivity index (χ0) is 24.7. The smallest absolute Gasteiger partial charge is 0.370 e. The zero-order valence-corrected chi connectivity index (χ0v) is 20.8. The second-order valence-electron chi connectivity index (χ2n) is 10.9. The van der Waals surface area contributed by atoms with Crippen molar-refractivity contribution >= 4 is 11.6 Å². The van der Waals surface area contributed by atoms with Gasteiger partial charge >= 0.3 is 6.18 Å². The van der Waals surface area contributed by atoms with Gasteiger partial charge in [0.25, 0.3) is 0 Å². The number of rotatable bonds is 6. The van der Waals surface area contributed by atoms with Crippen molar-refractivity contribution in [1.29, 1.82) is 0 Å². The number of piperidine rings is 1. The monoisotopic (exact) mass is 503 g/mol. The van der Waals surface area contributed by atoms with Crippen LogP contribution in [0, 0.1) is 0 Å². The minimum Gasteiger partial charge on any atom is -0.370 e. The molecule has 0 bridgehead atoms. The van der Waals surface area contributed by atoms with E-state index in [9.17, 15) is 13.2 Å². The molecule has 2 aromatic heterocycles. The standard InChI is InChI=1S/C26H36F3N7/c27-26(28,29)20-6-9-30-23-22(20)25(32-17-31-23)35-12-7-19(8-13-35)24-33-21(18-4-3-5-18)16-36(24)15-14-34-10-1-2-11-34/h16-20H,1-15H2,(H,30,31,32). The highest BCUT2D eigenvalue weighted by Crippen LogP contribution is 2.46. The van der Waals surface area contributed by atoms with Crippen molar-refractivity contribution in [2.45, 2.75) is 81.8 Å². The fraction of sp³-hybridized carbons (Fsp3) is 0.731. The Morgan fingerprint density at radius 3 is 2.36 bits per heavy atom. The van der Waals surface area contributed by atoms with Gasteiger partial charge < -0.3 is 19.7 Å². The van der Waals surface area contributed by atoms with Gasteiger partial charge in [0.1, 0.15) is 23.8 Å². The molecule has 196 valence electrons. The zero-order valence-electron chi connectivity index (χ0n) is 20.8. The minimum atomic E-state index is -4.30. The number of imidazole rings is 1. The van der Waals surface area contributed by atoms with Gasteiger partial charge in [0.15, 0.2) is 0 Å². The van der Waals surface area contributed by atoms with Gasteiger partial charge in [-0.1, -0.05) is 6.42 Å². The molecule has 1 aliphatic carbocycles. The molecule has 3 fully saturated rings. The highest BCUT2D eigenvalue weighted by Gasteiger charge is 2.46. The van der Waals surface area contributed by atoms with Crippen LogP contribution in [-0.2, 0) is 6.54 Å². The summed E-state index contributed by atoms with van der Waals surface area (Å²) in [5, 5.41) is 3.05. The van der Waals surface area contributed by atoms with Gasteiger partial charge in [-0.2, -0.15) is 13.2 Å². The first-order chi connectivity index (χ1) is 17.5. The highest BCUT2D eigenvalue weighted by atomic mass is 19.4. The van der Waals surface area contributed by atoms with Crippen LogP contribution in [0.4, 0.5) is 24.8 Å². The first kappa shape index (κ1) is 24.0. The first-order valence-corrected chi connectivity index (χ1v) is 13.7.